The average molecular weight is 382 g/mol. The number of piperazine rings is 1. The molecule has 148 valence electrons. The zero-order chi connectivity index (χ0) is 19.1. The molecule has 0 unspecified atom stereocenters. The number of hydrogen-bond acceptors (Lipinski definition) is 6. The van der Waals surface area contributed by atoms with Gasteiger partial charge in [0.25, 0.3) is 0 Å². The molecule has 0 amide bonds. The average Bonchev–Trinajstić information content (AvgIpc) is 2.68. The van der Waals surface area contributed by atoms with Crippen molar-refractivity contribution in [3.8, 4) is 0 Å². The van der Waals surface area contributed by atoms with Crippen molar-refractivity contribution in [1.82, 2.24) is 19.8 Å². The van der Waals surface area contributed by atoms with E-state index < -0.39 is 0 Å². The van der Waals surface area contributed by atoms with Gasteiger partial charge in [0.05, 0.1) is 5.69 Å². The van der Waals surface area contributed by atoms with E-state index in [1.807, 2.05) is 12.1 Å². The van der Waals surface area contributed by atoms with Gasteiger partial charge in [-0.25, -0.2) is 14.4 Å². The summed E-state index contributed by atoms with van der Waals surface area (Å²) in [7, 11) is 2.17. The summed E-state index contributed by atoms with van der Waals surface area (Å²) in [5.41, 5.74) is 3.66. The fraction of sp³-hybridized carbons (Fsp3) is 0.524. The van der Waals surface area contributed by atoms with Gasteiger partial charge in [-0.15, -0.1) is 0 Å². The first-order valence-corrected chi connectivity index (χ1v) is 10.2. The molecule has 0 spiro atoms. The Morgan fingerprint density at radius 1 is 0.929 bits per heavy atom. The van der Waals surface area contributed by atoms with Crippen molar-refractivity contribution >= 4 is 11.5 Å². The Kier molecular flexibility index (Phi) is 4.64. The molecule has 0 radical (unpaired) electrons. The molecule has 1 aromatic carbocycles. The van der Waals surface area contributed by atoms with Crippen molar-refractivity contribution in [2.45, 2.75) is 19.0 Å². The number of anilines is 2. The minimum absolute atomic E-state index is 0.171. The molecule has 28 heavy (non-hydrogen) atoms. The molecule has 3 aliphatic heterocycles. The maximum absolute atomic E-state index is 13.1. The van der Waals surface area contributed by atoms with Crippen molar-refractivity contribution in [2.24, 2.45) is 0 Å². The lowest BCUT2D eigenvalue weighted by Crippen LogP contribution is -2.63. The van der Waals surface area contributed by atoms with E-state index in [0.717, 1.165) is 70.3 Å². The minimum atomic E-state index is -0.171. The van der Waals surface area contributed by atoms with Crippen LogP contribution >= 0.6 is 0 Å². The molecule has 6 nitrogen and oxygen atoms in total. The molecule has 2 fully saturated rings. The molecule has 0 aliphatic carbocycles. The second kappa shape index (κ2) is 7.29. The zero-order valence-electron chi connectivity index (χ0n) is 16.4. The van der Waals surface area contributed by atoms with Crippen LogP contribution in [0.1, 0.15) is 11.3 Å². The highest BCUT2D eigenvalue weighted by Gasteiger charge is 2.36. The first-order chi connectivity index (χ1) is 13.7. The third-order valence-corrected chi connectivity index (χ3v) is 6.35. The predicted octanol–water partition coefficient (Wildman–Crippen LogP) is 1.61. The number of halogens is 1. The highest BCUT2D eigenvalue weighted by Crippen LogP contribution is 2.30. The second-order valence-electron chi connectivity index (χ2n) is 8.17. The summed E-state index contributed by atoms with van der Waals surface area (Å²) in [5, 5.41) is 0. The Balaban J connectivity index is 1.18. The number of nitrogens with zero attached hydrogens (tertiary/aromatic N) is 6. The lowest BCUT2D eigenvalue weighted by atomic mass is 10.0. The number of aromatic nitrogens is 2. The van der Waals surface area contributed by atoms with E-state index in [0.29, 0.717) is 6.04 Å². The molecule has 0 bridgehead atoms. The Morgan fingerprint density at radius 3 is 2.43 bits per heavy atom. The van der Waals surface area contributed by atoms with Crippen molar-refractivity contribution in [2.75, 3.05) is 62.7 Å². The molecule has 4 heterocycles. The smallest absolute Gasteiger partial charge is 0.136 e. The summed E-state index contributed by atoms with van der Waals surface area (Å²) < 4.78 is 13.1. The van der Waals surface area contributed by atoms with Gasteiger partial charge < -0.3 is 14.7 Å². The van der Waals surface area contributed by atoms with Gasteiger partial charge in [-0.1, -0.05) is 0 Å². The topological polar surface area (TPSA) is 38.7 Å². The molecule has 1 aromatic heterocycles. The van der Waals surface area contributed by atoms with Crippen molar-refractivity contribution in [3.63, 3.8) is 0 Å². The predicted molar refractivity (Wildman–Crippen MR) is 108 cm³/mol. The molecule has 3 aliphatic rings. The summed E-state index contributed by atoms with van der Waals surface area (Å²) in [6.07, 6.45) is 2.75. The van der Waals surface area contributed by atoms with E-state index in [-0.39, 0.29) is 5.82 Å². The quantitative estimate of drug-likeness (QED) is 0.803. The molecular weight excluding hydrogens is 355 g/mol. The second-order valence-corrected chi connectivity index (χ2v) is 8.17. The standard InChI is InChI=1S/C21H27FN6/c1-25-7-6-20-19(14-25)21(24-15-23-20)28-12-18(13-28)27-10-8-26(9-11-27)17-4-2-16(22)3-5-17/h2-5,15,18H,6-14H2,1H3. The van der Waals surface area contributed by atoms with E-state index in [2.05, 4.69) is 36.6 Å². The maximum atomic E-state index is 13.1. The van der Waals surface area contributed by atoms with Crippen LogP contribution in [-0.2, 0) is 13.0 Å². The number of benzene rings is 1. The molecule has 5 rings (SSSR count). The van der Waals surface area contributed by atoms with Gasteiger partial charge in [-0.2, -0.15) is 0 Å². The van der Waals surface area contributed by atoms with Crippen LogP contribution in [0.25, 0.3) is 0 Å². The molecule has 0 atom stereocenters. The summed E-state index contributed by atoms with van der Waals surface area (Å²) in [4.78, 5) is 18.8. The normalized spacial score (nSPS) is 21.5. The van der Waals surface area contributed by atoms with Crippen LogP contribution in [0.5, 0.6) is 0 Å². The van der Waals surface area contributed by atoms with Gasteiger partial charge >= 0.3 is 0 Å². The highest BCUT2D eigenvalue weighted by molar-refractivity contribution is 5.52. The van der Waals surface area contributed by atoms with Crippen molar-refractivity contribution in [1.29, 1.82) is 0 Å². The Morgan fingerprint density at radius 2 is 1.68 bits per heavy atom. The van der Waals surface area contributed by atoms with E-state index in [1.54, 1.807) is 18.5 Å². The molecule has 0 N–H and O–H groups in total. The van der Waals surface area contributed by atoms with Crippen molar-refractivity contribution < 1.29 is 4.39 Å². The molecule has 7 heteroatoms. The van der Waals surface area contributed by atoms with Crippen LogP contribution in [-0.4, -0.2) is 78.7 Å². The Labute approximate surface area is 165 Å². The monoisotopic (exact) mass is 382 g/mol. The van der Waals surface area contributed by atoms with Crippen LogP contribution in [0.2, 0.25) is 0 Å². The zero-order valence-corrected chi connectivity index (χ0v) is 16.4. The fourth-order valence-electron chi connectivity index (χ4n) is 4.59. The third-order valence-electron chi connectivity index (χ3n) is 6.35. The lowest BCUT2D eigenvalue weighted by molar-refractivity contribution is 0.156. The van der Waals surface area contributed by atoms with Crippen LogP contribution in [0, 0.1) is 5.82 Å². The van der Waals surface area contributed by atoms with E-state index >= 15 is 0 Å². The highest BCUT2D eigenvalue weighted by atomic mass is 19.1. The largest absolute Gasteiger partial charge is 0.369 e. The molecular formula is C21H27FN6. The summed E-state index contributed by atoms with van der Waals surface area (Å²) in [6.45, 7) is 8.22. The van der Waals surface area contributed by atoms with Gasteiger partial charge in [0, 0.05) is 76.1 Å². The number of rotatable bonds is 3. The summed E-state index contributed by atoms with van der Waals surface area (Å²) in [6, 6.07) is 7.45. The van der Waals surface area contributed by atoms with Gasteiger partial charge in [-0.3, -0.25) is 4.90 Å². The van der Waals surface area contributed by atoms with Gasteiger partial charge in [-0.05, 0) is 31.3 Å². The number of hydrogen-bond donors (Lipinski definition) is 0. The van der Waals surface area contributed by atoms with Crippen LogP contribution in [0.4, 0.5) is 15.9 Å². The van der Waals surface area contributed by atoms with Crippen LogP contribution in [0.15, 0.2) is 30.6 Å². The molecule has 2 saturated heterocycles. The fourth-order valence-corrected chi connectivity index (χ4v) is 4.59. The first kappa shape index (κ1) is 17.8. The lowest BCUT2D eigenvalue weighted by Gasteiger charge is -2.49. The Bertz CT molecular complexity index is 827. The van der Waals surface area contributed by atoms with Crippen LogP contribution in [0.3, 0.4) is 0 Å². The number of likely N-dealkylation sites (N-methyl/N-ethyl adjacent to an activating group) is 1. The third kappa shape index (κ3) is 3.33. The molecule has 2 aromatic rings. The minimum Gasteiger partial charge on any atom is -0.369 e. The van der Waals surface area contributed by atoms with Gasteiger partial charge in [0.15, 0.2) is 0 Å². The van der Waals surface area contributed by atoms with Gasteiger partial charge in [0.2, 0.25) is 0 Å². The maximum Gasteiger partial charge on any atom is 0.136 e. The van der Waals surface area contributed by atoms with E-state index in [4.69, 9.17) is 0 Å². The van der Waals surface area contributed by atoms with Crippen LogP contribution < -0.4 is 9.80 Å². The SMILES string of the molecule is CN1CCc2ncnc(N3CC(N4CCN(c5ccc(F)cc5)CC4)C3)c2C1. The van der Waals surface area contributed by atoms with E-state index in [1.165, 1.54) is 11.3 Å². The van der Waals surface area contributed by atoms with Gasteiger partial charge in [0.1, 0.15) is 18.0 Å². The molecule has 0 saturated carbocycles. The van der Waals surface area contributed by atoms with E-state index in [9.17, 15) is 4.39 Å². The first-order valence-electron chi connectivity index (χ1n) is 10.2. The number of fused-ring (bicyclic) bond motifs is 1. The summed E-state index contributed by atoms with van der Waals surface area (Å²) in [5.74, 6) is 0.966. The Hall–Kier alpha value is -2.25. The van der Waals surface area contributed by atoms with Crippen molar-refractivity contribution in [3.05, 3.63) is 47.7 Å². The summed E-state index contributed by atoms with van der Waals surface area (Å²) >= 11 is 0.